The SMILES string of the molecule is CCCCN(CCCC)C(=O)c1cc(C)n(-c2ccc(NC(=O)Cc3ccc(F)c(F)c3)cc2C(=O)N2Cc3ccccc3C[C@H]2CO)n1.CCCCN(CCCC)C(=O)c1cc(C)n(-c2ccc(NC(=O)Cc3ccc(F)cc3)cc2C(=O)N2Cc3ccccc3C[C@H]2CO)n1.CCCCN(CCCC)C(=O)c1cc(C)n(-c2ccc(NC(=O)Cc3cccc(C#N)c3)cc2C(=O)N2Cc3ccccc3C[C@H]2CO)n1. The average Bonchev–Trinajstić information content (AvgIpc) is 1.48. The van der Waals surface area contributed by atoms with Crippen LogP contribution >= 0.6 is 0 Å². The molecule has 15 rings (SSSR count). The number of nitrogens with zero attached hydrogens (tertiary/aromatic N) is 13. The predicted molar refractivity (Wildman–Crippen MR) is 556 cm³/mol. The van der Waals surface area contributed by atoms with Gasteiger partial charge in [0, 0.05) is 93.0 Å². The fraction of sp³-hybridized carbons (Fsp3) is 0.365. The van der Waals surface area contributed by atoms with Crippen molar-refractivity contribution in [2.45, 2.75) is 216 Å². The first-order chi connectivity index (χ1) is 70.6. The van der Waals surface area contributed by atoms with Crippen LogP contribution in [0.15, 0.2) is 212 Å². The van der Waals surface area contributed by atoms with Crippen molar-refractivity contribution in [1.29, 1.82) is 5.26 Å². The lowest BCUT2D eigenvalue weighted by atomic mass is 9.93. The maximum absolute atomic E-state index is 14.5. The maximum atomic E-state index is 14.5. The standard InChI is InChI=1S/C39H44N6O4.C38H43F2N5O4.C38H44FN5O4/c1-4-6-17-43(18-7-5-2)39(49)35-19-27(3)45(42-35)36-16-15-32(41-37(47)21-28-11-10-12-29(20-28)24-40)23-34(36)38(48)44-25-31-14-9-8-13-30(31)22-33(44)26-46;1-4-6-16-43(17-7-5-2)38(49)34-18-25(3)45(42-34)35-15-13-29(41-36(47)20-26-12-14-32(39)33(40)19-26)22-31(35)37(48)44-23-28-11-9-8-10-27(28)21-30(44)24-46;1-4-6-18-42(19-7-5-2)38(48)34-20-26(3)44(41-34)35-17-16-31(40-36(46)21-27-12-14-30(39)15-13-27)23-33(35)37(47)43-24-29-11-9-8-10-28(29)22-32(43)25-45/h8-16,19-20,23,33,46H,4-7,17-18,21-22,25-26H2,1-3H3,(H,41,47);8-15,18-19,22,30,46H,4-7,16-17,20-21,23-24H2,1-3H3,(H,41,47);8-17,20,23,32,45H,4-7,18-19,21-22,24-25H2,1-3H3,(H,40,46)/t33-;30-;32-/m000/s1. The summed E-state index contributed by atoms with van der Waals surface area (Å²) in [5.41, 5.74) is 14.4. The van der Waals surface area contributed by atoms with Crippen LogP contribution in [0.2, 0.25) is 0 Å². The fourth-order valence-corrected chi connectivity index (χ4v) is 18.5. The molecule has 0 unspecified atom stereocenters. The number of hydrogen-bond donors (Lipinski definition) is 6. The van der Waals surface area contributed by atoms with Crippen molar-refractivity contribution >= 4 is 70.2 Å². The van der Waals surface area contributed by atoms with Gasteiger partial charge in [-0.25, -0.2) is 27.2 Å². The molecule has 6 heterocycles. The van der Waals surface area contributed by atoms with Gasteiger partial charge in [0.2, 0.25) is 17.7 Å². The molecule has 146 heavy (non-hydrogen) atoms. The molecule has 0 saturated carbocycles. The predicted octanol–water partition coefficient (Wildman–Crippen LogP) is 18.2. The number of carbonyl (C=O) groups excluding carboxylic acids is 9. The van der Waals surface area contributed by atoms with Crippen LogP contribution in [0.4, 0.5) is 30.2 Å². The summed E-state index contributed by atoms with van der Waals surface area (Å²) in [7, 11) is 0. The number of halogens is 3. The number of rotatable bonds is 39. The van der Waals surface area contributed by atoms with E-state index < -0.39 is 35.7 Å². The normalized spacial score (nSPS) is 13.9. The quantitative estimate of drug-likeness (QED) is 0.0208. The van der Waals surface area contributed by atoms with E-state index in [0.717, 1.165) is 123 Å². The summed E-state index contributed by atoms with van der Waals surface area (Å²) in [5, 5.41) is 63.0. The van der Waals surface area contributed by atoms with Crippen LogP contribution < -0.4 is 16.0 Å². The molecule has 3 atom stereocenters. The van der Waals surface area contributed by atoms with Crippen LogP contribution in [0, 0.1) is 49.6 Å². The number of unbranched alkanes of at least 4 members (excludes halogenated alkanes) is 6. The summed E-state index contributed by atoms with van der Waals surface area (Å²) < 4.78 is 45.4. The zero-order chi connectivity index (χ0) is 104. The van der Waals surface area contributed by atoms with Gasteiger partial charge in [-0.3, -0.25) is 43.2 Å². The van der Waals surface area contributed by atoms with Gasteiger partial charge in [-0.2, -0.15) is 20.6 Å². The minimum absolute atomic E-state index is 0.0249. The second kappa shape index (κ2) is 52.0. The Hall–Kier alpha value is -15.0. The third kappa shape index (κ3) is 27.3. The second-order valence-electron chi connectivity index (χ2n) is 37.5. The molecule has 9 amide bonds. The van der Waals surface area contributed by atoms with E-state index in [1.54, 1.807) is 138 Å². The lowest BCUT2D eigenvalue weighted by Crippen LogP contribution is -2.46. The Labute approximate surface area is 851 Å². The molecular formula is C115H131F3N16O12. The highest BCUT2D eigenvalue weighted by Crippen LogP contribution is 2.36. The zero-order valence-electron chi connectivity index (χ0n) is 84.6. The van der Waals surface area contributed by atoms with E-state index >= 15 is 0 Å². The van der Waals surface area contributed by atoms with Crippen molar-refractivity contribution in [3.05, 3.63) is 336 Å². The first-order valence-electron chi connectivity index (χ1n) is 50.6. The molecule has 12 aromatic rings. The molecule has 764 valence electrons. The van der Waals surface area contributed by atoms with Crippen molar-refractivity contribution in [1.82, 2.24) is 58.7 Å². The van der Waals surface area contributed by atoms with E-state index in [1.165, 1.54) is 18.2 Å². The third-order valence-electron chi connectivity index (χ3n) is 26.6. The molecular weight excluding hydrogens is 1850 g/mol. The summed E-state index contributed by atoms with van der Waals surface area (Å²) in [4.78, 5) is 134. The van der Waals surface area contributed by atoms with E-state index in [2.05, 4.69) is 63.6 Å². The molecule has 0 bridgehead atoms. The molecule has 3 aliphatic heterocycles. The van der Waals surface area contributed by atoms with Crippen LogP contribution in [0.25, 0.3) is 17.1 Å². The van der Waals surface area contributed by atoms with Gasteiger partial charge >= 0.3 is 0 Å². The summed E-state index contributed by atoms with van der Waals surface area (Å²) in [5.74, 6) is -5.04. The molecule has 9 aromatic carbocycles. The van der Waals surface area contributed by atoms with Gasteiger partial charge < -0.3 is 60.7 Å². The number of aliphatic hydroxyl groups is 3. The van der Waals surface area contributed by atoms with Gasteiger partial charge in [0.15, 0.2) is 28.7 Å². The molecule has 0 saturated heterocycles. The highest BCUT2D eigenvalue weighted by atomic mass is 19.2. The Morgan fingerprint density at radius 2 is 0.658 bits per heavy atom. The maximum Gasteiger partial charge on any atom is 0.274 e. The Bertz CT molecular complexity index is 6660. The van der Waals surface area contributed by atoms with E-state index in [1.807, 2.05) is 108 Å². The Balaban J connectivity index is 0.000000183. The molecule has 31 heteroatoms. The van der Waals surface area contributed by atoms with E-state index in [0.29, 0.717) is 156 Å². The Morgan fingerprint density at radius 3 is 0.959 bits per heavy atom. The highest BCUT2D eigenvalue weighted by molar-refractivity contribution is 6.04. The van der Waals surface area contributed by atoms with Crippen LogP contribution in [-0.2, 0) is 72.5 Å². The molecule has 3 aromatic heterocycles. The average molecular weight is 1990 g/mol. The molecule has 0 radical (unpaired) electrons. The minimum atomic E-state index is -1.05. The summed E-state index contributed by atoms with van der Waals surface area (Å²) in [6.45, 7) is 22.1. The van der Waals surface area contributed by atoms with Crippen LogP contribution in [0.1, 0.15) is 254 Å². The number of nitriles is 1. The smallest absolute Gasteiger partial charge is 0.274 e. The van der Waals surface area contributed by atoms with Gasteiger partial charge in [0.1, 0.15) is 5.82 Å². The van der Waals surface area contributed by atoms with Gasteiger partial charge in [-0.05, 0) is 238 Å². The number of nitrogens with one attached hydrogen (secondary N) is 3. The number of fused-ring (bicyclic) bond motifs is 3. The first-order valence-corrected chi connectivity index (χ1v) is 50.6. The van der Waals surface area contributed by atoms with Crippen molar-refractivity contribution in [2.24, 2.45) is 0 Å². The number of amides is 9. The van der Waals surface area contributed by atoms with E-state index in [-0.39, 0.29) is 121 Å². The lowest BCUT2D eigenvalue weighted by molar-refractivity contribution is -0.116. The highest BCUT2D eigenvalue weighted by Gasteiger charge is 2.38. The number of carbonyl (C=O) groups is 9. The van der Waals surface area contributed by atoms with Crippen molar-refractivity contribution in [2.75, 3.05) is 75.0 Å². The largest absolute Gasteiger partial charge is 0.394 e. The molecule has 0 spiro atoms. The number of aromatic nitrogens is 6. The molecule has 28 nitrogen and oxygen atoms in total. The number of aliphatic hydroxyl groups excluding tert-OH is 3. The van der Waals surface area contributed by atoms with Crippen LogP contribution in [-0.4, -0.2) is 204 Å². The van der Waals surface area contributed by atoms with Gasteiger partial charge in [-0.1, -0.05) is 183 Å². The molecule has 3 aliphatic rings. The van der Waals surface area contributed by atoms with Crippen molar-refractivity contribution in [3.63, 3.8) is 0 Å². The first kappa shape index (κ1) is 108. The lowest BCUT2D eigenvalue weighted by Gasteiger charge is -2.36. The zero-order valence-corrected chi connectivity index (χ0v) is 84.6. The monoisotopic (exact) mass is 1990 g/mol. The second-order valence-corrected chi connectivity index (χ2v) is 37.5. The van der Waals surface area contributed by atoms with Crippen LogP contribution in [0.5, 0.6) is 0 Å². The molecule has 0 aliphatic carbocycles. The fourth-order valence-electron chi connectivity index (χ4n) is 18.5. The molecule has 0 fully saturated rings. The minimum Gasteiger partial charge on any atom is -0.394 e. The third-order valence-corrected chi connectivity index (χ3v) is 26.6. The summed E-state index contributed by atoms with van der Waals surface area (Å²) in [6, 6.07) is 60.3. The van der Waals surface area contributed by atoms with E-state index in [9.17, 15) is 76.9 Å². The topological polar surface area (TPSA) is 347 Å². The Morgan fingerprint density at radius 1 is 0.356 bits per heavy atom. The van der Waals surface area contributed by atoms with Gasteiger partial charge in [-0.15, -0.1) is 0 Å². The number of benzene rings is 9. The van der Waals surface area contributed by atoms with Crippen molar-refractivity contribution < 1.29 is 71.6 Å². The van der Waals surface area contributed by atoms with Crippen molar-refractivity contribution in [3.8, 4) is 23.1 Å². The van der Waals surface area contributed by atoms with Gasteiger partial charge in [0.05, 0.1) is 103 Å². The Kier molecular flexibility index (Phi) is 38.5. The summed E-state index contributed by atoms with van der Waals surface area (Å²) in [6.07, 6.45) is 12.5. The number of anilines is 3. The summed E-state index contributed by atoms with van der Waals surface area (Å²) >= 11 is 0. The number of hydrogen-bond acceptors (Lipinski definition) is 16. The number of aryl methyl sites for hydroxylation is 3. The van der Waals surface area contributed by atoms with E-state index in [4.69, 9.17) is 15.3 Å². The van der Waals surface area contributed by atoms with Crippen LogP contribution in [0.3, 0.4) is 0 Å². The van der Waals surface area contributed by atoms with Gasteiger partial charge in [0.25, 0.3) is 35.4 Å². The molecule has 6 N–H and O–H groups in total.